The van der Waals surface area contributed by atoms with E-state index in [9.17, 15) is 4.79 Å². The minimum absolute atomic E-state index is 0.0218. The van der Waals surface area contributed by atoms with Crippen molar-refractivity contribution in [3.05, 3.63) is 11.8 Å². The standard InChI is InChI=1S/C8H14O3/c1-3-4-5-11-8(10)6-7(2)9/h6,9H,3-5H2,1-2H3/b7-6-. The number of carbonyl (C=O) groups excluding carboxylic acids is 1. The Hall–Kier alpha value is -0.990. The molecule has 64 valence electrons. The predicted octanol–water partition coefficient (Wildman–Crippen LogP) is 1.79. The highest BCUT2D eigenvalue weighted by Gasteiger charge is 1.96. The van der Waals surface area contributed by atoms with E-state index < -0.39 is 5.97 Å². The Kier molecular flexibility index (Phi) is 5.25. The summed E-state index contributed by atoms with van der Waals surface area (Å²) in [7, 11) is 0. The summed E-state index contributed by atoms with van der Waals surface area (Å²) in [6, 6.07) is 0. The summed E-state index contributed by atoms with van der Waals surface area (Å²) >= 11 is 0. The van der Waals surface area contributed by atoms with E-state index in [1.54, 1.807) is 0 Å². The van der Waals surface area contributed by atoms with Gasteiger partial charge in [-0.15, -0.1) is 0 Å². The molecule has 0 unspecified atom stereocenters. The molecule has 0 spiro atoms. The third kappa shape index (κ3) is 6.90. The molecular weight excluding hydrogens is 144 g/mol. The molecular formula is C8H14O3. The molecule has 11 heavy (non-hydrogen) atoms. The van der Waals surface area contributed by atoms with E-state index in [0.29, 0.717) is 6.61 Å². The molecule has 3 heteroatoms. The molecule has 0 aromatic rings. The van der Waals surface area contributed by atoms with E-state index in [1.165, 1.54) is 6.92 Å². The number of hydrogen-bond acceptors (Lipinski definition) is 3. The third-order valence-electron chi connectivity index (χ3n) is 1.07. The van der Waals surface area contributed by atoms with Gasteiger partial charge in [0.2, 0.25) is 0 Å². The van der Waals surface area contributed by atoms with E-state index in [0.717, 1.165) is 18.9 Å². The molecule has 0 bridgehead atoms. The smallest absolute Gasteiger partial charge is 0.334 e. The Morgan fingerprint density at radius 1 is 1.64 bits per heavy atom. The quantitative estimate of drug-likeness (QED) is 0.293. The maximum absolute atomic E-state index is 10.7. The molecule has 1 N–H and O–H groups in total. The number of carbonyl (C=O) groups is 1. The first kappa shape index (κ1) is 10.0. The molecule has 0 aliphatic rings. The lowest BCUT2D eigenvalue weighted by Crippen LogP contribution is -2.02. The van der Waals surface area contributed by atoms with Gasteiger partial charge in [0.1, 0.15) is 0 Å². The van der Waals surface area contributed by atoms with Crippen molar-refractivity contribution in [2.45, 2.75) is 26.7 Å². The molecule has 0 heterocycles. The van der Waals surface area contributed by atoms with Gasteiger partial charge in [-0.2, -0.15) is 0 Å². The molecule has 0 amide bonds. The lowest BCUT2D eigenvalue weighted by Gasteiger charge is -1.98. The van der Waals surface area contributed by atoms with Gasteiger partial charge in [0, 0.05) is 0 Å². The molecule has 0 fully saturated rings. The predicted molar refractivity (Wildman–Crippen MR) is 42.3 cm³/mol. The van der Waals surface area contributed by atoms with E-state index in [4.69, 9.17) is 9.84 Å². The first-order chi connectivity index (χ1) is 5.16. The van der Waals surface area contributed by atoms with Crippen LogP contribution in [0.5, 0.6) is 0 Å². The number of hydrogen-bond donors (Lipinski definition) is 1. The number of aliphatic hydroxyl groups is 1. The molecule has 0 aromatic heterocycles. The minimum atomic E-state index is -0.474. The zero-order valence-electron chi connectivity index (χ0n) is 6.96. The Morgan fingerprint density at radius 3 is 2.73 bits per heavy atom. The molecule has 3 nitrogen and oxygen atoms in total. The molecule has 0 aliphatic carbocycles. The SMILES string of the molecule is CCCCOC(=O)/C=C(/C)O. The number of ether oxygens (including phenoxy) is 1. The Labute approximate surface area is 66.7 Å². The van der Waals surface area contributed by atoms with E-state index in [-0.39, 0.29) is 5.76 Å². The third-order valence-corrected chi connectivity index (χ3v) is 1.07. The Balaban J connectivity index is 3.46. The van der Waals surface area contributed by atoms with Crippen molar-refractivity contribution in [2.75, 3.05) is 6.61 Å². The summed E-state index contributed by atoms with van der Waals surface area (Å²) < 4.78 is 4.72. The number of esters is 1. The first-order valence-electron chi connectivity index (χ1n) is 3.70. The first-order valence-corrected chi connectivity index (χ1v) is 3.70. The molecule has 0 saturated carbocycles. The van der Waals surface area contributed by atoms with Crippen LogP contribution in [0.3, 0.4) is 0 Å². The summed E-state index contributed by atoms with van der Waals surface area (Å²) in [6.45, 7) is 3.88. The Morgan fingerprint density at radius 2 is 2.27 bits per heavy atom. The molecule has 0 atom stereocenters. The highest BCUT2D eigenvalue weighted by atomic mass is 16.5. The van der Waals surface area contributed by atoms with Gasteiger partial charge in [0.15, 0.2) is 0 Å². The molecule has 0 saturated heterocycles. The largest absolute Gasteiger partial charge is 0.512 e. The second-order valence-electron chi connectivity index (χ2n) is 2.31. The van der Waals surface area contributed by atoms with Crippen LogP contribution in [0.4, 0.5) is 0 Å². The van der Waals surface area contributed by atoms with Crippen molar-refractivity contribution in [1.82, 2.24) is 0 Å². The van der Waals surface area contributed by atoms with E-state index >= 15 is 0 Å². The fourth-order valence-electron chi connectivity index (χ4n) is 0.529. The van der Waals surface area contributed by atoms with Gasteiger partial charge in [-0.05, 0) is 13.3 Å². The molecule has 0 rings (SSSR count). The lowest BCUT2D eigenvalue weighted by atomic mass is 10.4. The van der Waals surface area contributed by atoms with Crippen LogP contribution < -0.4 is 0 Å². The fraction of sp³-hybridized carbons (Fsp3) is 0.625. The van der Waals surface area contributed by atoms with Crippen molar-refractivity contribution in [1.29, 1.82) is 0 Å². The fourth-order valence-corrected chi connectivity index (χ4v) is 0.529. The van der Waals surface area contributed by atoms with Crippen molar-refractivity contribution in [3.63, 3.8) is 0 Å². The molecule has 0 radical (unpaired) electrons. The average molecular weight is 158 g/mol. The number of aliphatic hydroxyl groups excluding tert-OH is 1. The van der Waals surface area contributed by atoms with Crippen LogP contribution in [-0.2, 0) is 9.53 Å². The second-order valence-corrected chi connectivity index (χ2v) is 2.31. The topological polar surface area (TPSA) is 46.5 Å². The zero-order valence-corrected chi connectivity index (χ0v) is 6.96. The maximum Gasteiger partial charge on any atom is 0.334 e. The summed E-state index contributed by atoms with van der Waals surface area (Å²) in [4.78, 5) is 10.7. The van der Waals surface area contributed by atoms with Gasteiger partial charge < -0.3 is 9.84 Å². The normalized spacial score (nSPS) is 11.3. The average Bonchev–Trinajstić information content (AvgIpc) is 1.86. The maximum atomic E-state index is 10.7. The van der Waals surface area contributed by atoms with Crippen LogP contribution in [0.25, 0.3) is 0 Å². The second kappa shape index (κ2) is 5.77. The van der Waals surface area contributed by atoms with Crippen molar-refractivity contribution < 1.29 is 14.6 Å². The van der Waals surface area contributed by atoms with E-state index in [1.807, 2.05) is 6.92 Å². The minimum Gasteiger partial charge on any atom is -0.512 e. The summed E-state index contributed by atoms with van der Waals surface area (Å²) in [5.41, 5.74) is 0. The van der Waals surface area contributed by atoms with Crippen molar-refractivity contribution >= 4 is 5.97 Å². The van der Waals surface area contributed by atoms with Gasteiger partial charge >= 0.3 is 5.97 Å². The van der Waals surface area contributed by atoms with Crippen LogP contribution in [0.2, 0.25) is 0 Å². The van der Waals surface area contributed by atoms with Gasteiger partial charge in [0.25, 0.3) is 0 Å². The van der Waals surface area contributed by atoms with Crippen LogP contribution >= 0.6 is 0 Å². The van der Waals surface area contributed by atoms with Crippen LogP contribution in [0.1, 0.15) is 26.7 Å². The Bertz CT molecular complexity index is 145. The number of unbranched alkanes of at least 4 members (excludes halogenated alkanes) is 1. The summed E-state index contributed by atoms with van der Waals surface area (Å²) in [5.74, 6) is -0.495. The summed E-state index contributed by atoms with van der Waals surface area (Å²) in [5, 5.41) is 8.64. The zero-order chi connectivity index (χ0) is 8.69. The van der Waals surface area contributed by atoms with E-state index in [2.05, 4.69) is 0 Å². The van der Waals surface area contributed by atoms with Crippen molar-refractivity contribution in [2.24, 2.45) is 0 Å². The number of allylic oxidation sites excluding steroid dienone is 1. The number of rotatable bonds is 4. The molecule has 0 aromatic carbocycles. The van der Waals surface area contributed by atoms with Gasteiger partial charge in [0.05, 0.1) is 18.4 Å². The van der Waals surface area contributed by atoms with Crippen LogP contribution in [-0.4, -0.2) is 17.7 Å². The van der Waals surface area contributed by atoms with Gasteiger partial charge in [-0.3, -0.25) is 0 Å². The van der Waals surface area contributed by atoms with Gasteiger partial charge in [-0.1, -0.05) is 13.3 Å². The van der Waals surface area contributed by atoms with Crippen LogP contribution in [0.15, 0.2) is 11.8 Å². The highest BCUT2D eigenvalue weighted by molar-refractivity contribution is 5.82. The van der Waals surface area contributed by atoms with Gasteiger partial charge in [-0.25, -0.2) is 4.79 Å². The summed E-state index contributed by atoms with van der Waals surface area (Å²) in [6.07, 6.45) is 2.93. The molecule has 0 aliphatic heterocycles. The highest BCUT2D eigenvalue weighted by Crippen LogP contribution is 1.91. The van der Waals surface area contributed by atoms with Crippen molar-refractivity contribution in [3.8, 4) is 0 Å². The van der Waals surface area contributed by atoms with Crippen LogP contribution in [0, 0.1) is 0 Å². The lowest BCUT2D eigenvalue weighted by molar-refractivity contribution is -0.138. The monoisotopic (exact) mass is 158 g/mol.